The Hall–Kier alpha value is -0.530. The van der Waals surface area contributed by atoms with Crippen molar-refractivity contribution in [2.24, 2.45) is 11.8 Å². The molecule has 0 aromatic carbocycles. The highest BCUT2D eigenvalue weighted by Gasteiger charge is 2.22. The zero-order valence-electron chi connectivity index (χ0n) is 25.3. The third-order valence-electron chi connectivity index (χ3n) is 8.31. The lowest BCUT2D eigenvalue weighted by atomic mass is 9.84. The molecule has 216 valence electrons. The Kier molecular flexibility index (Phi) is 28.6. The monoisotopic (exact) mass is 509 g/mol. The molecular weight excluding hydrogens is 440 g/mol. The molecule has 36 heavy (non-hydrogen) atoms. The number of carboxylic acids is 1. The SMILES string of the molecule is CCCCCCCCCCCCC(CC(CCCCCCCC)CCCCCCCCCC)C(=O)O. The Bertz CT molecular complexity index is 433. The lowest BCUT2D eigenvalue weighted by Crippen LogP contribution is -2.18. The van der Waals surface area contributed by atoms with Crippen molar-refractivity contribution in [3.63, 3.8) is 0 Å². The summed E-state index contributed by atoms with van der Waals surface area (Å²) in [7, 11) is 0. The van der Waals surface area contributed by atoms with Gasteiger partial charge in [-0.25, -0.2) is 0 Å². The van der Waals surface area contributed by atoms with Crippen molar-refractivity contribution in [1.29, 1.82) is 0 Å². The summed E-state index contributed by atoms with van der Waals surface area (Å²) in [6, 6.07) is 0. The Labute approximate surface area is 228 Å². The van der Waals surface area contributed by atoms with Crippen LogP contribution in [0.2, 0.25) is 0 Å². The number of carboxylic acid groups (broad SMARTS) is 1. The minimum atomic E-state index is -0.533. The fourth-order valence-corrected chi connectivity index (χ4v) is 5.78. The minimum Gasteiger partial charge on any atom is -0.481 e. The van der Waals surface area contributed by atoms with Gasteiger partial charge in [-0.2, -0.15) is 0 Å². The van der Waals surface area contributed by atoms with E-state index in [9.17, 15) is 9.90 Å². The number of aliphatic carboxylic acids is 1. The Balaban J connectivity index is 4.26. The van der Waals surface area contributed by atoms with Crippen LogP contribution in [0.5, 0.6) is 0 Å². The van der Waals surface area contributed by atoms with Gasteiger partial charge in [-0.05, 0) is 18.8 Å². The predicted octanol–water partition coefficient (Wildman–Crippen LogP) is 12.3. The number of hydrogen-bond donors (Lipinski definition) is 1. The van der Waals surface area contributed by atoms with E-state index in [0.29, 0.717) is 5.92 Å². The molecule has 0 aliphatic carbocycles. The first-order valence-corrected chi connectivity index (χ1v) is 16.9. The van der Waals surface area contributed by atoms with Gasteiger partial charge < -0.3 is 5.11 Å². The summed E-state index contributed by atoms with van der Waals surface area (Å²) < 4.78 is 0. The third kappa shape index (κ3) is 25.1. The second kappa shape index (κ2) is 29.0. The summed E-state index contributed by atoms with van der Waals surface area (Å²) >= 11 is 0. The second-order valence-electron chi connectivity index (χ2n) is 11.9. The first kappa shape index (κ1) is 35.5. The predicted molar refractivity (Wildman–Crippen MR) is 161 cm³/mol. The maximum absolute atomic E-state index is 12.1. The summed E-state index contributed by atoms with van der Waals surface area (Å²) in [6.45, 7) is 6.84. The molecule has 0 saturated carbocycles. The lowest BCUT2D eigenvalue weighted by molar-refractivity contribution is -0.142. The highest BCUT2D eigenvalue weighted by atomic mass is 16.4. The van der Waals surface area contributed by atoms with Gasteiger partial charge in [0.05, 0.1) is 5.92 Å². The van der Waals surface area contributed by atoms with Gasteiger partial charge in [-0.15, -0.1) is 0 Å². The summed E-state index contributed by atoms with van der Waals surface area (Å²) in [5.74, 6) is -0.0199. The molecule has 0 rings (SSSR count). The third-order valence-corrected chi connectivity index (χ3v) is 8.31. The van der Waals surface area contributed by atoms with Crippen LogP contribution < -0.4 is 0 Å². The van der Waals surface area contributed by atoms with Crippen molar-refractivity contribution in [2.45, 2.75) is 201 Å². The van der Waals surface area contributed by atoms with Crippen molar-refractivity contribution in [3.05, 3.63) is 0 Å². The Morgan fingerprint density at radius 1 is 0.444 bits per heavy atom. The number of rotatable bonds is 30. The van der Waals surface area contributed by atoms with Crippen LogP contribution in [0.25, 0.3) is 0 Å². The molecule has 0 amide bonds. The quantitative estimate of drug-likeness (QED) is 0.0979. The van der Waals surface area contributed by atoms with Crippen molar-refractivity contribution >= 4 is 5.97 Å². The molecule has 0 fully saturated rings. The lowest BCUT2D eigenvalue weighted by Gasteiger charge is -2.21. The van der Waals surface area contributed by atoms with Crippen molar-refractivity contribution in [3.8, 4) is 0 Å². The van der Waals surface area contributed by atoms with Crippen molar-refractivity contribution in [1.82, 2.24) is 0 Å². The molecule has 0 aromatic heterocycles. The maximum atomic E-state index is 12.1. The van der Waals surface area contributed by atoms with Gasteiger partial charge in [0.15, 0.2) is 0 Å². The van der Waals surface area contributed by atoms with E-state index in [2.05, 4.69) is 20.8 Å². The van der Waals surface area contributed by atoms with Crippen LogP contribution in [0.4, 0.5) is 0 Å². The molecule has 2 nitrogen and oxygen atoms in total. The Morgan fingerprint density at radius 2 is 0.722 bits per heavy atom. The van der Waals surface area contributed by atoms with Crippen LogP contribution in [0, 0.1) is 11.8 Å². The molecule has 0 aliphatic rings. The molecule has 0 bridgehead atoms. The first-order chi connectivity index (χ1) is 17.7. The summed E-state index contributed by atoms with van der Waals surface area (Å²) in [4.78, 5) is 12.1. The van der Waals surface area contributed by atoms with Crippen LogP contribution in [0.1, 0.15) is 201 Å². The van der Waals surface area contributed by atoms with Gasteiger partial charge in [-0.1, -0.05) is 188 Å². The second-order valence-corrected chi connectivity index (χ2v) is 11.9. The standard InChI is InChI=1S/C34H68O2/c1-4-7-10-13-16-18-19-21-24-27-30-33(34(35)36)31-32(28-25-22-15-12-9-6-3)29-26-23-20-17-14-11-8-5-2/h32-33H,4-31H2,1-3H3,(H,35,36). The fraction of sp³-hybridized carbons (Fsp3) is 0.971. The molecule has 2 atom stereocenters. The van der Waals surface area contributed by atoms with Gasteiger partial charge in [0, 0.05) is 0 Å². The highest BCUT2D eigenvalue weighted by Crippen LogP contribution is 2.28. The van der Waals surface area contributed by atoms with Crippen LogP contribution >= 0.6 is 0 Å². The largest absolute Gasteiger partial charge is 0.481 e. The molecule has 0 aromatic rings. The molecule has 0 saturated heterocycles. The van der Waals surface area contributed by atoms with E-state index in [4.69, 9.17) is 0 Å². The van der Waals surface area contributed by atoms with Gasteiger partial charge in [0.25, 0.3) is 0 Å². The molecular formula is C34H68O2. The minimum absolute atomic E-state index is 0.113. The van der Waals surface area contributed by atoms with E-state index >= 15 is 0 Å². The topological polar surface area (TPSA) is 37.3 Å². The van der Waals surface area contributed by atoms with E-state index in [-0.39, 0.29) is 5.92 Å². The van der Waals surface area contributed by atoms with Crippen molar-refractivity contribution < 1.29 is 9.90 Å². The van der Waals surface area contributed by atoms with Gasteiger partial charge in [0.1, 0.15) is 0 Å². The van der Waals surface area contributed by atoms with Gasteiger partial charge in [-0.3, -0.25) is 4.79 Å². The summed E-state index contributed by atoms with van der Waals surface area (Å²) in [5.41, 5.74) is 0. The summed E-state index contributed by atoms with van der Waals surface area (Å²) in [6.07, 6.45) is 36.5. The average Bonchev–Trinajstić information content (AvgIpc) is 2.87. The van der Waals surface area contributed by atoms with Crippen LogP contribution in [0.15, 0.2) is 0 Å². The van der Waals surface area contributed by atoms with Crippen LogP contribution in [0.3, 0.4) is 0 Å². The molecule has 0 heterocycles. The molecule has 1 N–H and O–H groups in total. The van der Waals surface area contributed by atoms with Gasteiger partial charge in [0.2, 0.25) is 0 Å². The van der Waals surface area contributed by atoms with E-state index < -0.39 is 5.97 Å². The highest BCUT2D eigenvalue weighted by molar-refractivity contribution is 5.69. The maximum Gasteiger partial charge on any atom is 0.306 e. The van der Waals surface area contributed by atoms with Gasteiger partial charge >= 0.3 is 5.97 Å². The average molecular weight is 509 g/mol. The van der Waals surface area contributed by atoms with E-state index in [0.717, 1.165) is 19.3 Å². The zero-order valence-corrected chi connectivity index (χ0v) is 25.3. The molecule has 0 radical (unpaired) electrons. The normalized spacial score (nSPS) is 13.2. The number of unbranched alkanes of at least 4 members (excludes halogenated alkanes) is 21. The molecule has 0 aliphatic heterocycles. The molecule has 0 spiro atoms. The Morgan fingerprint density at radius 3 is 1.03 bits per heavy atom. The van der Waals surface area contributed by atoms with E-state index in [1.807, 2.05) is 0 Å². The number of carbonyl (C=O) groups is 1. The smallest absolute Gasteiger partial charge is 0.306 e. The van der Waals surface area contributed by atoms with E-state index in [1.165, 1.54) is 161 Å². The number of hydrogen-bond acceptors (Lipinski definition) is 1. The zero-order chi connectivity index (χ0) is 26.5. The first-order valence-electron chi connectivity index (χ1n) is 16.9. The summed E-state index contributed by atoms with van der Waals surface area (Å²) in [5, 5.41) is 9.95. The van der Waals surface area contributed by atoms with Crippen LogP contribution in [-0.2, 0) is 4.79 Å². The fourth-order valence-electron chi connectivity index (χ4n) is 5.78. The van der Waals surface area contributed by atoms with Crippen molar-refractivity contribution in [2.75, 3.05) is 0 Å². The molecule has 2 unspecified atom stereocenters. The van der Waals surface area contributed by atoms with Crippen LogP contribution in [-0.4, -0.2) is 11.1 Å². The molecule has 2 heteroatoms. The van der Waals surface area contributed by atoms with E-state index in [1.54, 1.807) is 0 Å².